The van der Waals surface area contributed by atoms with E-state index in [0.29, 0.717) is 12.1 Å². The first-order valence-electron chi connectivity index (χ1n) is 7.19. The number of thiazole rings is 1. The normalized spacial score (nSPS) is 15.3. The van der Waals surface area contributed by atoms with Gasteiger partial charge in [-0.05, 0) is 32.2 Å². The molecule has 0 saturated carbocycles. The minimum atomic E-state index is 0.257. The molecule has 0 spiro atoms. The van der Waals surface area contributed by atoms with Crippen molar-refractivity contribution in [2.75, 3.05) is 18.5 Å². The van der Waals surface area contributed by atoms with Crippen LogP contribution in [0.2, 0.25) is 0 Å². The van der Waals surface area contributed by atoms with Gasteiger partial charge in [0, 0.05) is 30.2 Å². The summed E-state index contributed by atoms with van der Waals surface area (Å²) in [5, 5.41) is 4.63. The molecule has 0 saturated heterocycles. The third-order valence-electron chi connectivity index (χ3n) is 3.77. The molecular formula is C15H29N3S. The number of rotatable bonds is 6. The Morgan fingerprint density at radius 2 is 2.00 bits per heavy atom. The Labute approximate surface area is 122 Å². The number of hydrogen-bond acceptors (Lipinski definition) is 4. The van der Waals surface area contributed by atoms with E-state index < -0.39 is 0 Å². The van der Waals surface area contributed by atoms with E-state index in [1.54, 1.807) is 11.3 Å². The minimum Gasteiger partial charge on any atom is -0.348 e. The molecule has 0 aliphatic rings. The quantitative estimate of drug-likeness (QED) is 0.853. The molecule has 0 aliphatic heterocycles. The Balaban J connectivity index is 2.73. The zero-order chi connectivity index (χ0) is 14.6. The first kappa shape index (κ1) is 16.4. The van der Waals surface area contributed by atoms with Gasteiger partial charge in [-0.3, -0.25) is 0 Å². The Morgan fingerprint density at radius 3 is 2.53 bits per heavy atom. The average molecular weight is 283 g/mol. The second-order valence-electron chi connectivity index (χ2n) is 6.37. The van der Waals surface area contributed by atoms with Crippen molar-refractivity contribution in [1.82, 2.24) is 10.3 Å². The highest BCUT2D eigenvalue weighted by atomic mass is 32.1. The number of nitrogens with one attached hydrogen (secondary N) is 1. The van der Waals surface area contributed by atoms with Gasteiger partial charge in [0.25, 0.3) is 0 Å². The molecule has 19 heavy (non-hydrogen) atoms. The third-order valence-corrected chi connectivity index (χ3v) is 5.05. The molecule has 2 unspecified atom stereocenters. The minimum absolute atomic E-state index is 0.257. The van der Waals surface area contributed by atoms with E-state index in [4.69, 9.17) is 0 Å². The lowest BCUT2D eigenvalue weighted by Crippen LogP contribution is -2.39. The van der Waals surface area contributed by atoms with E-state index in [2.05, 4.69) is 63.8 Å². The zero-order valence-electron chi connectivity index (χ0n) is 13.4. The summed E-state index contributed by atoms with van der Waals surface area (Å²) in [7, 11) is 2.14. The summed E-state index contributed by atoms with van der Waals surface area (Å²) in [6, 6.07) is 0.856. The average Bonchev–Trinajstić information content (AvgIpc) is 2.82. The topological polar surface area (TPSA) is 28.2 Å². The van der Waals surface area contributed by atoms with E-state index in [9.17, 15) is 0 Å². The fourth-order valence-electron chi connectivity index (χ4n) is 1.85. The highest BCUT2D eigenvalue weighted by Crippen LogP contribution is 2.31. The Hall–Kier alpha value is -0.610. The summed E-state index contributed by atoms with van der Waals surface area (Å²) < 4.78 is 0. The van der Waals surface area contributed by atoms with Crippen molar-refractivity contribution in [2.24, 2.45) is 5.41 Å². The molecule has 0 aliphatic carbocycles. The molecule has 0 fully saturated rings. The van der Waals surface area contributed by atoms with Crippen LogP contribution in [0.15, 0.2) is 6.20 Å². The molecule has 0 aromatic carbocycles. The third kappa shape index (κ3) is 4.46. The summed E-state index contributed by atoms with van der Waals surface area (Å²) in [6.07, 6.45) is 3.18. The van der Waals surface area contributed by atoms with Gasteiger partial charge in [-0.1, -0.05) is 27.7 Å². The van der Waals surface area contributed by atoms with Crippen LogP contribution in [0.1, 0.15) is 58.9 Å². The predicted molar refractivity (Wildman–Crippen MR) is 86.1 cm³/mol. The largest absolute Gasteiger partial charge is 0.348 e. The van der Waals surface area contributed by atoms with E-state index in [-0.39, 0.29) is 5.41 Å². The molecule has 0 bridgehead atoms. The highest BCUT2D eigenvalue weighted by Gasteiger charge is 2.25. The summed E-state index contributed by atoms with van der Waals surface area (Å²) in [6.45, 7) is 14.5. The van der Waals surface area contributed by atoms with Gasteiger partial charge in [-0.25, -0.2) is 4.98 Å². The Kier molecular flexibility index (Phi) is 5.81. The van der Waals surface area contributed by atoms with E-state index in [0.717, 1.165) is 18.1 Å². The van der Waals surface area contributed by atoms with Crippen LogP contribution >= 0.6 is 11.3 Å². The van der Waals surface area contributed by atoms with Crippen LogP contribution in [0.4, 0.5) is 5.13 Å². The molecule has 3 nitrogen and oxygen atoms in total. The molecular weight excluding hydrogens is 254 g/mol. The van der Waals surface area contributed by atoms with Crippen LogP contribution < -0.4 is 10.2 Å². The summed E-state index contributed by atoms with van der Waals surface area (Å²) in [5.74, 6) is 0. The fraction of sp³-hybridized carbons (Fsp3) is 0.800. The summed E-state index contributed by atoms with van der Waals surface area (Å²) in [4.78, 5) is 8.19. The van der Waals surface area contributed by atoms with Crippen LogP contribution in [0.5, 0.6) is 0 Å². The Bertz CT molecular complexity index is 381. The molecule has 2 atom stereocenters. The van der Waals surface area contributed by atoms with E-state index >= 15 is 0 Å². The Morgan fingerprint density at radius 1 is 1.37 bits per heavy atom. The maximum absolute atomic E-state index is 4.58. The van der Waals surface area contributed by atoms with Gasteiger partial charge in [0.05, 0.1) is 0 Å². The number of nitrogens with zero attached hydrogens (tertiary/aromatic N) is 2. The summed E-state index contributed by atoms with van der Waals surface area (Å²) in [5.41, 5.74) is 0.257. The first-order chi connectivity index (χ1) is 8.77. The maximum Gasteiger partial charge on any atom is 0.185 e. The number of hydrogen-bond donors (Lipinski definition) is 1. The van der Waals surface area contributed by atoms with Crippen LogP contribution in [0.3, 0.4) is 0 Å². The molecule has 1 rings (SSSR count). The second-order valence-corrected chi connectivity index (χ2v) is 7.41. The van der Waals surface area contributed by atoms with Crippen molar-refractivity contribution in [3.05, 3.63) is 11.1 Å². The van der Waals surface area contributed by atoms with Crippen molar-refractivity contribution in [1.29, 1.82) is 0 Å². The van der Waals surface area contributed by atoms with Crippen LogP contribution in [-0.4, -0.2) is 24.6 Å². The van der Waals surface area contributed by atoms with Gasteiger partial charge in [0.15, 0.2) is 5.13 Å². The lowest BCUT2D eigenvalue weighted by Gasteiger charge is -2.35. The van der Waals surface area contributed by atoms with Gasteiger partial charge >= 0.3 is 0 Å². The van der Waals surface area contributed by atoms with Crippen LogP contribution in [-0.2, 0) is 0 Å². The van der Waals surface area contributed by atoms with Crippen molar-refractivity contribution >= 4 is 16.5 Å². The molecule has 0 radical (unpaired) electrons. The van der Waals surface area contributed by atoms with Crippen molar-refractivity contribution in [3.8, 4) is 0 Å². The summed E-state index contributed by atoms with van der Waals surface area (Å²) >= 11 is 1.80. The molecule has 4 heteroatoms. The highest BCUT2D eigenvalue weighted by molar-refractivity contribution is 7.15. The van der Waals surface area contributed by atoms with Gasteiger partial charge in [-0.15, -0.1) is 11.3 Å². The molecule has 1 N–H and O–H groups in total. The van der Waals surface area contributed by atoms with Gasteiger partial charge in [-0.2, -0.15) is 0 Å². The smallest absolute Gasteiger partial charge is 0.185 e. The number of aromatic nitrogens is 1. The van der Waals surface area contributed by atoms with Gasteiger partial charge in [0.1, 0.15) is 0 Å². The lowest BCUT2D eigenvalue weighted by molar-refractivity contribution is 0.329. The monoisotopic (exact) mass is 283 g/mol. The van der Waals surface area contributed by atoms with E-state index in [1.807, 2.05) is 6.20 Å². The molecule has 1 heterocycles. The van der Waals surface area contributed by atoms with E-state index in [1.165, 1.54) is 4.88 Å². The fourth-order valence-corrected chi connectivity index (χ4v) is 2.83. The first-order valence-corrected chi connectivity index (χ1v) is 8.01. The molecule has 1 aromatic heterocycles. The maximum atomic E-state index is 4.58. The SMILES string of the molecule is CCCNC(C)c1cnc(N(C)C(C)C(C)(C)C)s1. The second kappa shape index (κ2) is 6.71. The predicted octanol–water partition coefficient (Wildman–Crippen LogP) is 4.07. The van der Waals surface area contributed by atoms with Crippen molar-refractivity contribution in [2.45, 2.75) is 60.0 Å². The van der Waals surface area contributed by atoms with Crippen molar-refractivity contribution < 1.29 is 0 Å². The van der Waals surface area contributed by atoms with Crippen molar-refractivity contribution in [3.63, 3.8) is 0 Å². The lowest BCUT2D eigenvalue weighted by atomic mass is 9.87. The standard InChI is InChI=1S/C15H29N3S/c1-8-9-16-11(2)13-10-17-14(19-13)18(7)12(3)15(4,5)6/h10-12,16H,8-9H2,1-7H3. The number of anilines is 1. The zero-order valence-corrected chi connectivity index (χ0v) is 14.3. The van der Waals surface area contributed by atoms with Gasteiger partial charge < -0.3 is 10.2 Å². The van der Waals surface area contributed by atoms with Gasteiger partial charge in [0.2, 0.25) is 0 Å². The molecule has 0 amide bonds. The molecule has 110 valence electrons. The van der Waals surface area contributed by atoms with Crippen LogP contribution in [0.25, 0.3) is 0 Å². The molecule has 1 aromatic rings. The van der Waals surface area contributed by atoms with Crippen LogP contribution in [0, 0.1) is 5.41 Å².